The predicted octanol–water partition coefficient (Wildman–Crippen LogP) is 18.0. The summed E-state index contributed by atoms with van der Waals surface area (Å²) in [5.41, 5.74) is 14.3. The summed E-state index contributed by atoms with van der Waals surface area (Å²) in [6.45, 7) is 0. The van der Waals surface area contributed by atoms with Gasteiger partial charge in [0.2, 0.25) is 0 Å². The summed E-state index contributed by atoms with van der Waals surface area (Å²) in [4.78, 5) is 2.40. The van der Waals surface area contributed by atoms with E-state index in [9.17, 15) is 0 Å². The minimum absolute atomic E-state index is 1.11. The van der Waals surface area contributed by atoms with E-state index in [4.69, 9.17) is 0 Å². The number of fused-ring (bicyclic) bond motifs is 10. The zero-order valence-electron chi connectivity index (χ0n) is 34.7. The van der Waals surface area contributed by atoms with Crippen molar-refractivity contribution < 1.29 is 0 Å². The topological polar surface area (TPSA) is 8.17 Å². The third kappa shape index (κ3) is 5.99. The van der Waals surface area contributed by atoms with Gasteiger partial charge in [0.05, 0.1) is 11.0 Å². The number of hydrogen-bond acceptors (Lipinski definition) is 3. The molecule has 0 saturated carbocycles. The number of para-hydroxylation sites is 1. The second-order valence-electron chi connectivity index (χ2n) is 16.5. The Morgan fingerprint density at radius 2 is 0.828 bits per heavy atom. The predicted molar refractivity (Wildman–Crippen MR) is 278 cm³/mol. The molecule has 3 heterocycles. The maximum Gasteiger partial charge on any atom is 0.0634 e. The summed E-state index contributed by atoms with van der Waals surface area (Å²) in [6, 6.07) is 84.5. The Morgan fingerprint density at radius 1 is 0.328 bits per heavy atom. The van der Waals surface area contributed by atoms with Crippen LogP contribution in [-0.4, -0.2) is 4.57 Å². The molecule has 0 saturated heterocycles. The van der Waals surface area contributed by atoms with Crippen LogP contribution in [0, 0.1) is 0 Å². The molecule has 0 aliphatic carbocycles. The van der Waals surface area contributed by atoms with Crippen LogP contribution in [0.5, 0.6) is 0 Å². The molecule has 300 valence electrons. The van der Waals surface area contributed by atoms with Crippen LogP contribution in [0.2, 0.25) is 0 Å². The molecule has 64 heavy (non-hydrogen) atoms. The number of aromatic nitrogens is 1. The van der Waals surface area contributed by atoms with E-state index in [1.807, 2.05) is 22.7 Å². The first kappa shape index (κ1) is 36.9. The first-order valence-corrected chi connectivity index (χ1v) is 23.4. The highest BCUT2D eigenvalue weighted by Gasteiger charge is 2.22. The van der Waals surface area contributed by atoms with Crippen LogP contribution in [0.3, 0.4) is 0 Å². The van der Waals surface area contributed by atoms with Crippen LogP contribution in [0.1, 0.15) is 0 Å². The lowest BCUT2D eigenvalue weighted by Crippen LogP contribution is -2.09. The SMILES string of the molecule is c1ccc(-c2ccc(N(c3ccc(-c4cc5c6ccccc6n(-c6ccc(-c7ccccc7)cc6)c5c5c4sc4ccccc45)cc3)c3ccc4sc5ccccc5c4c3)cc2)cc1. The standard InChI is InChI=1S/C60H38N2S2/c1-3-13-39(14-4-1)41-23-29-44(30-24-41)61(47-35-36-57-52(37-47)49-18-8-11-21-55(49)63-57)45-33-27-43(28-34-45)51-38-53-48-17-7-10-20-54(48)62(46-31-25-42(26-32-46)40-15-5-2-6-16-40)59(53)58-50-19-9-12-22-56(50)64-60(51)58/h1-38H. The van der Waals surface area contributed by atoms with Gasteiger partial charge in [-0.3, -0.25) is 0 Å². The van der Waals surface area contributed by atoms with Gasteiger partial charge >= 0.3 is 0 Å². The molecular formula is C60H38N2S2. The number of thiophene rings is 2. The lowest BCUT2D eigenvalue weighted by atomic mass is 9.98. The van der Waals surface area contributed by atoms with Crippen LogP contribution >= 0.6 is 22.7 Å². The second-order valence-corrected chi connectivity index (χ2v) is 18.6. The average Bonchev–Trinajstić information content (AvgIpc) is 4.05. The van der Waals surface area contributed by atoms with Gasteiger partial charge in [0.1, 0.15) is 0 Å². The molecule has 13 aromatic rings. The molecule has 0 N–H and O–H groups in total. The van der Waals surface area contributed by atoms with Crippen molar-refractivity contribution in [1.82, 2.24) is 4.57 Å². The summed E-state index contributed by atoms with van der Waals surface area (Å²) < 4.78 is 7.69. The molecule has 0 spiro atoms. The Hall–Kier alpha value is -7.76. The molecule has 13 rings (SSSR count). The van der Waals surface area contributed by atoms with Gasteiger partial charge in [0.25, 0.3) is 0 Å². The average molecular weight is 851 g/mol. The summed E-state index contributed by atoms with van der Waals surface area (Å²) in [6.07, 6.45) is 0. The summed E-state index contributed by atoms with van der Waals surface area (Å²) in [5.74, 6) is 0. The Balaban J connectivity index is 0.982. The Labute approximate surface area is 378 Å². The molecule has 0 aliphatic rings. The van der Waals surface area contributed by atoms with Gasteiger partial charge in [0.15, 0.2) is 0 Å². The fourth-order valence-corrected chi connectivity index (χ4v) is 12.1. The van der Waals surface area contributed by atoms with Gasteiger partial charge in [-0.15, -0.1) is 22.7 Å². The molecule has 0 aliphatic heterocycles. The minimum atomic E-state index is 1.11. The maximum atomic E-state index is 2.49. The summed E-state index contributed by atoms with van der Waals surface area (Å²) >= 11 is 3.75. The fourth-order valence-electron chi connectivity index (χ4n) is 9.78. The van der Waals surface area contributed by atoms with Gasteiger partial charge in [-0.25, -0.2) is 0 Å². The van der Waals surface area contributed by atoms with E-state index < -0.39 is 0 Å². The number of rotatable bonds is 7. The summed E-state index contributed by atoms with van der Waals surface area (Å²) in [7, 11) is 0. The Morgan fingerprint density at radius 3 is 1.50 bits per heavy atom. The van der Waals surface area contributed by atoms with Crippen molar-refractivity contribution in [3.63, 3.8) is 0 Å². The van der Waals surface area contributed by atoms with Crippen LogP contribution in [-0.2, 0) is 0 Å². The van der Waals surface area contributed by atoms with E-state index in [0.717, 1.165) is 22.7 Å². The first-order valence-electron chi connectivity index (χ1n) is 21.7. The zero-order valence-corrected chi connectivity index (χ0v) is 36.3. The molecule has 4 heteroatoms. The van der Waals surface area contributed by atoms with Crippen molar-refractivity contribution in [2.24, 2.45) is 0 Å². The van der Waals surface area contributed by atoms with E-state index >= 15 is 0 Å². The zero-order chi connectivity index (χ0) is 42.1. The number of anilines is 3. The quantitative estimate of drug-likeness (QED) is 0.155. The van der Waals surface area contributed by atoms with E-state index in [1.54, 1.807) is 0 Å². The molecule has 0 fully saturated rings. The lowest BCUT2D eigenvalue weighted by Gasteiger charge is -2.26. The molecule has 0 atom stereocenters. The molecule has 0 unspecified atom stereocenters. The van der Waals surface area contributed by atoms with Crippen molar-refractivity contribution >= 4 is 102 Å². The number of nitrogens with zero attached hydrogens (tertiary/aromatic N) is 2. The summed E-state index contributed by atoms with van der Waals surface area (Å²) in [5, 5.41) is 7.68. The van der Waals surface area contributed by atoms with Crippen LogP contribution in [0.4, 0.5) is 17.1 Å². The van der Waals surface area contributed by atoms with E-state index in [1.165, 1.54) is 95.5 Å². The lowest BCUT2D eigenvalue weighted by molar-refractivity contribution is 1.19. The monoisotopic (exact) mass is 850 g/mol. The van der Waals surface area contributed by atoms with Crippen molar-refractivity contribution in [3.05, 3.63) is 231 Å². The largest absolute Gasteiger partial charge is 0.310 e. The van der Waals surface area contributed by atoms with E-state index in [2.05, 4.69) is 240 Å². The number of benzene rings is 10. The molecule has 0 bridgehead atoms. The van der Waals surface area contributed by atoms with E-state index in [-0.39, 0.29) is 0 Å². The van der Waals surface area contributed by atoms with Gasteiger partial charge in [0, 0.05) is 79.4 Å². The van der Waals surface area contributed by atoms with Crippen LogP contribution in [0.25, 0.3) is 101 Å². The van der Waals surface area contributed by atoms with Crippen molar-refractivity contribution in [2.75, 3.05) is 4.90 Å². The number of hydrogen-bond donors (Lipinski definition) is 0. The van der Waals surface area contributed by atoms with Crippen molar-refractivity contribution in [1.29, 1.82) is 0 Å². The Kier molecular flexibility index (Phi) is 8.61. The highest BCUT2D eigenvalue weighted by molar-refractivity contribution is 7.26. The molecule has 3 aromatic heterocycles. The van der Waals surface area contributed by atoms with Crippen LogP contribution in [0.15, 0.2) is 231 Å². The normalized spacial score (nSPS) is 11.8. The van der Waals surface area contributed by atoms with Gasteiger partial charge in [-0.1, -0.05) is 152 Å². The fraction of sp³-hybridized carbons (Fsp3) is 0. The highest BCUT2D eigenvalue weighted by atomic mass is 32.1. The van der Waals surface area contributed by atoms with E-state index in [0.29, 0.717) is 0 Å². The molecule has 0 radical (unpaired) electrons. The van der Waals surface area contributed by atoms with Crippen molar-refractivity contribution in [2.45, 2.75) is 0 Å². The van der Waals surface area contributed by atoms with Gasteiger partial charge < -0.3 is 9.47 Å². The van der Waals surface area contributed by atoms with Gasteiger partial charge in [-0.05, 0) is 107 Å². The first-order chi connectivity index (χ1) is 31.7. The third-order valence-corrected chi connectivity index (χ3v) is 15.2. The smallest absolute Gasteiger partial charge is 0.0634 e. The van der Waals surface area contributed by atoms with Gasteiger partial charge in [-0.2, -0.15) is 0 Å². The molecular weight excluding hydrogens is 813 g/mol. The molecule has 10 aromatic carbocycles. The Bertz CT molecular complexity index is 3860. The third-order valence-electron chi connectivity index (χ3n) is 12.8. The highest BCUT2D eigenvalue weighted by Crippen LogP contribution is 2.48. The van der Waals surface area contributed by atoms with Crippen molar-refractivity contribution in [3.8, 4) is 39.1 Å². The molecule has 2 nitrogen and oxygen atoms in total. The second kappa shape index (κ2) is 15.0. The molecule has 0 amide bonds. The maximum absolute atomic E-state index is 2.49. The van der Waals surface area contributed by atoms with Crippen LogP contribution < -0.4 is 4.90 Å². The minimum Gasteiger partial charge on any atom is -0.310 e.